The number of allylic oxidation sites excluding steroid dienone is 2. The van der Waals surface area contributed by atoms with Gasteiger partial charge in [0.25, 0.3) is 0 Å². The summed E-state index contributed by atoms with van der Waals surface area (Å²) in [6.07, 6.45) is 9.93. The number of nitrogens with two attached hydrogens (primary N) is 1. The van der Waals surface area contributed by atoms with Crippen LogP contribution in [0.4, 0.5) is 0 Å². The molecule has 1 nitrogen and oxygen atoms in total. The van der Waals surface area contributed by atoms with Crippen LogP contribution in [-0.2, 0) is 0 Å². The van der Waals surface area contributed by atoms with Gasteiger partial charge in [0, 0.05) is 0 Å². The Morgan fingerprint density at radius 1 is 1.27 bits per heavy atom. The summed E-state index contributed by atoms with van der Waals surface area (Å²) in [5, 5.41) is 0. The molecule has 0 spiro atoms. The van der Waals surface area contributed by atoms with E-state index in [0.717, 1.165) is 18.4 Å². The topological polar surface area (TPSA) is 26.0 Å². The first kappa shape index (κ1) is 8.79. The average molecular weight is 153 g/mol. The van der Waals surface area contributed by atoms with Gasteiger partial charge in [0.1, 0.15) is 0 Å². The summed E-state index contributed by atoms with van der Waals surface area (Å²) in [5.41, 5.74) is 5.49. The Morgan fingerprint density at radius 3 is 2.45 bits per heavy atom. The molecule has 2 N–H and O–H groups in total. The van der Waals surface area contributed by atoms with E-state index < -0.39 is 0 Å². The molecule has 11 heavy (non-hydrogen) atoms. The fraction of sp³-hybridized carbons (Fsp3) is 0.800. The van der Waals surface area contributed by atoms with Crippen LogP contribution < -0.4 is 5.73 Å². The monoisotopic (exact) mass is 153 g/mol. The zero-order chi connectivity index (χ0) is 8.10. The third-order valence-electron chi connectivity index (χ3n) is 2.46. The highest BCUT2D eigenvalue weighted by molar-refractivity contribution is 5.01. The van der Waals surface area contributed by atoms with E-state index in [2.05, 4.69) is 19.1 Å². The molecule has 0 fully saturated rings. The van der Waals surface area contributed by atoms with Crippen molar-refractivity contribution in [2.45, 2.75) is 32.6 Å². The van der Waals surface area contributed by atoms with Crippen molar-refractivity contribution >= 4 is 0 Å². The Kier molecular flexibility index (Phi) is 3.64. The van der Waals surface area contributed by atoms with E-state index in [9.17, 15) is 0 Å². The molecule has 1 heteroatoms. The SMILES string of the molecule is CCCC1C=CC(CCN)C1. The molecule has 1 aliphatic carbocycles. The fourth-order valence-electron chi connectivity index (χ4n) is 1.87. The standard InChI is InChI=1S/C10H19N/c1-2-3-9-4-5-10(8-9)6-7-11/h4-5,9-10H,2-3,6-8,11H2,1H3. The van der Waals surface area contributed by atoms with E-state index >= 15 is 0 Å². The molecular weight excluding hydrogens is 134 g/mol. The van der Waals surface area contributed by atoms with Gasteiger partial charge in [-0.3, -0.25) is 0 Å². The van der Waals surface area contributed by atoms with Gasteiger partial charge in [0.2, 0.25) is 0 Å². The molecule has 1 rings (SSSR count). The second-order valence-corrected chi connectivity index (χ2v) is 3.51. The maximum absolute atomic E-state index is 5.49. The highest BCUT2D eigenvalue weighted by Crippen LogP contribution is 2.28. The lowest BCUT2D eigenvalue weighted by Crippen LogP contribution is -2.06. The van der Waals surface area contributed by atoms with E-state index in [-0.39, 0.29) is 0 Å². The minimum Gasteiger partial charge on any atom is -0.330 e. The van der Waals surface area contributed by atoms with Crippen LogP contribution in [0.25, 0.3) is 0 Å². The molecule has 0 saturated heterocycles. The van der Waals surface area contributed by atoms with Crippen LogP contribution in [0, 0.1) is 11.8 Å². The van der Waals surface area contributed by atoms with Gasteiger partial charge in [-0.15, -0.1) is 0 Å². The molecule has 0 aromatic rings. The van der Waals surface area contributed by atoms with Gasteiger partial charge < -0.3 is 5.73 Å². The quantitative estimate of drug-likeness (QED) is 0.616. The smallest absolute Gasteiger partial charge is 0.00717 e. The summed E-state index contributed by atoms with van der Waals surface area (Å²) < 4.78 is 0. The molecule has 0 aromatic carbocycles. The lowest BCUT2D eigenvalue weighted by atomic mass is 9.97. The first-order valence-corrected chi connectivity index (χ1v) is 4.75. The van der Waals surface area contributed by atoms with Gasteiger partial charge in [-0.25, -0.2) is 0 Å². The predicted octanol–water partition coefficient (Wildman–Crippen LogP) is 2.33. The zero-order valence-corrected chi connectivity index (χ0v) is 7.42. The normalized spacial score (nSPS) is 29.6. The van der Waals surface area contributed by atoms with Crippen LogP contribution in [0.2, 0.25) is 0 Å². The summed E-state index contributed by atoms with van der Waals surface area (Å²) in [4.78, 5) is 0. The van der Waals surface area contributed by atoms with Crippen molar-refractivity contribution in [3.63, 3.8) is 0 Å². The van der Waals surface area contributed by atoms with Crippen LogP contribution in [-0.4, -0.2) is 6.54 Å². The van der Waals surface area contributed by atoms with Crippen molar-refractivity contribution < 1.29 is 0 Å². The van der Waals surface area contributed by atoms with Crippen LogP contribution in [0.1, 0.15) is 32.6 Å². The van der Waals surface area contributed by atoms with Crippen LogP contribution in [0.5, 0.6) is 0 Å². The van der Waals surface area contributed by atoms with Gasteiger partial charge in [0.15, 0.2) is 0 Å². The molecular formula is C10H19N. The number of hydrogen-bond donors (Lipinski definition) is 1. The molecule has 0 amide bonds. The predicted molar refractivity (Wildman–Crippen MR) is 49.3 cm³/mol. The Hall–Kier alpha value is -0.300. The van der Waals surface area contributed by atoms with Gasteiger partial charge in [-0.05, 0) is 37.6 Å². The third-order valence-corrected chi connectivity index (χ3v) is 2.46. The van der Waals surface area contributed by atoms with Crippen LogP contribution in [0.3, 0.4) is 0 Å². The molecule has 0 aromatic heterocycles. The van der Waals surface area contributed by atoms with E-state index in [0.29, 0.717) is 0 Å². The summed E-state index contributed by atoms with van der Waals surface area (Å²) >= 11 is 0. The van der Waals surface area contributed by atoms with Crippen LogP contribution in [0.15, 0.2) is 12.2 Å². The third kappa shape index (κ3) is 2.66. The molecule has 0 aliphatic heterocycles. The first-order valence-electron chi connectivity index (χ1n) is 4.75. The Bertz CT molecular complexity index is 115. The number of hydrogen-bond acceptors (Lipinski definition) is 1. The summed E-state index contributed by atoms with van der Waals surface area (Å²) in [6.45, 7) is 3.10. The molecule has 0 bridgehead atoms. The molecule has 0 radical (unpaired) electrons. The van der Waals surface area contributed by atoms with Crippen molar-refractivity contribution in [3.05, 3.63) is 12.2 Å². The molecule has 2 unspecified atom stereocenters. The van der Waals surface area contributed by atoms with E-state index in [1.54, 1.807) is 0 Å². The molecule has 1 aliphatic rings. The maximum atomic E-state index is 5.49. The van der Waals surface area contributed by atoms with Gasteiger partial charge in [-0.1, -0.05) is 25.5 Å². The Morgan fingerprint density at radius 2 is 1.91 bits per heavy atom. The van der Waals surface area contributed by atoms with Gasteiger partial charge in [-0.2, -0.15) is 0 Å². The fourth-order valence-corrected chi connectivity index (χ4v) is 1.87. The second-order valence-electron chi connectivity index (χ2n) is 3.51. The van der Waals surface area contributed by atoms with E-state index in [1.165, 1.54) is 25.7 Å². The first-order chi connectivity index (χ1) is 5.36. The lowest BCUT2D eigenvalue weighted by molar-refractivity contribution is 0.474. The van der Waals surface area contributed by atoms with Gasteiger partial charge in [0.05, 0.1) is 0 Å². The molecule has 0 saturated carbocycles. The zero-order valence-electron chi connectivity index (χ0n) is 7.42. The van der Waals surface area contributed by atoms with E-state index in [1.807, 2.05) is 0 Å². The minimum atomic E-state index is 0.788. The van der Waals surface area contributed by atoms with E-state index in [4.69, 9.17) is 5.73 Å². The number of rotatable bonds is 4. The summed E-state index contributed by atoms with van der Waals surface area (Å²) in [6, 6.07) is 0. The minimum absolute atomic E-state index is 0.788. The lowest BCUT2D eigenvalue weighted by Gasteiger charge is -2.09. The second kappa shape index (κ2) is 4.55. The van der Waals surface area contributed by atoms with Crippen molar-refractivity contribution in [1.29, 1.82) is 0 Å². The average Bonchev–Trinajstić information content (AvgIpc) is 2.38. The summed E-state index contributed by atoms with van der Waals surface area (Å²) in [7, 11) is 0. The molecule has 64 valence electrons. The molecule has 0 heterocycles. The molecule has 2 atom stereocenters. The van der Waals surface area contributed by atoms with Crippen LogP contribution >= 0.6 is 0 Å². The largest absolute Gasteiger partial charge is 0.330 e. The van der Waals surface area contributed by atoms with Crippen molar-refractivity contribution in [2.75, 3.05) is 6.54 Å². The highest BCUT2D eigenvalue weighted by Gasteiger charge is 2.16. The Balaban J connectivity index is 2.19. The van der Waals surface area contributed by atoms with Crippen molar-refractivity contribution in [2.24, 2.45) is 17.6 Å². The van der Waals surface area contributed by atoms with Crippen molar-refractivity contribution in [3.8, 4) is 0 Å². The van der Waals surface area contributed by atoms with Crippen molar-refractivity contribution in [1.82, 2.24) is 0 Å². The Labute approximate surface area is 69.7 Å². The summed E-state index contributed by atoms with van der Waals surface area (Å²) in [5.74, 6) is 1.65. The van der Waals surface area contributed by atoms with Gasteiger partial charge >= 0.3 is 0 Å². The highest BCUT2D eigenvalue weighted by atomic mass is 14.5. The maximum Gasteiger partial charge on any atom is -0.00717 e.